The van der Waals surface area contributed by atoms with Gasteiger partial charge >= 0.3 is 0 Å². The van der Waals surface area contributed by atoms with Crippen LogP contribution in [0.3, 0.4) is 0 Å². The number of para-hydroxylation sites is 1. The van der Waals surface area contributed by atoms with Crippen molar-refractivity contribution < 1.29 is 19.1 Å². The lowest BCUT2D eigenvalue weighted by Crippen LogP contribution is -2.41. The summed E-state index contributed by atoms with van der Waals surface area (Å²) in [5, 5.41) is 5.65. The third-order valence-corrected chi connectivity index (χ3v) is 6.31. The number of benzene rings is 2. The quantitative estimate of drug-likeness (QED) is 0.463. The number of morpholine rings is 1. The van der Waals surface area contributed by atoms with Crippen molar-refractivity contribution in [2.24, 2.45) is 0 Å². The first-order valence-electron chi connectivity index (χ1n) is 10.1. The number of thiophene rings is 1. The Balaban J connectivity index is 1.45. The van der Waals surface area contributed by atoms with Crippen LogP contribution in [0.2, 0.25) is 4.34 Å². The molecule has 2 aromatic carbocycles. The molecule has 2 heterocycles. The van der Waals surface area contributed by atoms with Gasteiger partial charge < -0.3 is 26.0 Å². The number of ether oxygens (including phenoxy) is 1. The number of rotatable bonds is 6. The van der Waals surface area contributed by atoms with Crippen LogP contribution >= 0.6 is 22.9 Å². The lowest BCUT2D eigenvalue weighted by Gasteiger charge is -2.26. The number of nitrogen functional groups attached to an aromatic ring is 1. The Hall–Kier alpha value is -3.40. The Bertz CT molecular complexity index is 1200. The molecule has 0 bridgehead atoms. The number of halogens is 1. The number of anilines is 3. The zero-order valence-electron chi connectivity index (χ0n) is 17.5. The average molecular weight is 485 g/mol. The smallest absolute Gasteiger partial charge is 0.261 e. The average Bonchev–Trinajstić information content (AvgIpc) is 3.26. The van der Waals surface area contributed by atoms with Crippen LogP contribution in [0.15, 0.2) is 54.6 Å². The van der Waals surface area contributed by atoms with E-state index in [9.17, 15) is 14.4 Å². The van der Waals surface area contributed by atoms with Crippen LogP contribution in [0.4, 0.5) is 17.1 Å². The molecule has 1 fully saturated rings. The fraction of sp³-hybridized carbons (Fsp3) is 0.174. The van der Waals surface area contributed by atoms with Crippen LogP contribution in [0.1, 0.15) is 25.6 Å². The number of nitrogens with one attached hydrogen (secondary N) is 2. The van der Waals surface area contributed by atoms with E-state index >= 15 is 0 Å². The van der Waals surface area contributed by atoms with Crippen molar-refractivity contribution in [2.45, 2.75) is 6.54 Å². The molecule has 10 heteroatoms. The van der Waals surface area contributed by atoms with Gasteiger partial charge in [-0.2, -0.15) is 0 Å². The number of carbonyl (C=O) groups is 3. The molecule has 170 valence electrons. The number of nitrogens with zero attached hydrogens (tertiary/aromatic N) is 1. The van der Waals surface area contributed by atoms with Crippen LogP contribution in [-0.4, -0.2) is 37.5 Å². The molecule has 0 spiro atoms. The van der Waals surface area contributed by atoms with Crippen molar-refractivity contribution in [3.8, 4) is 0 Å². The molecule has 1 saturated heterocycles. The van der Waals surface area contributed by atoms with Crippen molar-refractivity contribution >= 4 is 57.7 Å². The van der Waals surface area contributed by atoms with Crippen LogP contribution in [-0.2, 0) is 16.1 Å². The minimum absolute atomic E-state index is 0.0500. The number of hydrogen-bond acceptors (Lipinski definition) is 6. The summed E-state index contributed by atoms with van der Waals surface area (Å²) in [5.41, 5.74) is 8.69. The highest BCUT2D eigenvalue weighted by molar-refractivity contribution is 7.18. The molecule has 3 aromatic rings. The van der Waals surface area contributed by atoms with Crippen molar-refractivity contribution in [3.63, 3.8) is 0 Å². The molecule has 4 rings (SSSR count). The van der Waals surface area contributed by atoms with E-state index in [2.05, 4.69) is 10.6 Å². The highest BCUT2D eigenvalue weighted by atomic mass is 35.5. The summed E-state index contributed by atoms with van der Waals surface area (Å²) >= 11 is 7.08. The zero-order valence-corrected chi connectivity index (χ0v) is 19.0. The van der Waals surface area contributed by atoms with Gasteiger partial charge in [0.25, 0.3) is 17.7 Å². The molecule has 8 nitrogen and oxygen atoms in total. The van der Waals surface area contributed by atoms with Gasteiger partial charge in [-0.1, -0.05) is 23.7 Å². The fourth-order valence-electron chi connectivity index (χ4n) is 3.39. The van der Waals surface area contributed by atoms with Crippen molar-refractivity contribution in [2.75, 3.05) is 35.7 Å². The second-order valence-corrected chi connectivity index (χ2v) is 8.98. The minimum Gasteiger partial charge on any atom is -0.397 e. The first-order chi connectivity index (χ1) is 15.9. The van der Waals surface area contributed by atoms with E-state index in [0.717, 1.165) is 0 Å². The molecule has 33 heavy (non-hydrogen) atoms. The molecular weight excluding hydrogens is 464 g/mol. The van der Waals surface area contributed by atoms with E-state index in [-0.39, 0.29) is 30.9 Å². The van der Waals surface area contributed by atoms with Crippen molar-refractivity contribution in [1.29, 1.82) is 0 Å². The predicted molar refractivity (Wildman–Crippen MR) is 129 cm³/mol. The van der Waals surface area contributed by atoms with Gasteiger partial charge in [0.1, 0.15) is 6.61 Å². The van der Waals surface area contributed by atoms with E-state index in [1.165, 1.54) is 11.3 Å². The van der Waals surface area contributed by atoms with Gasteiger partial charge in [0.15, 0.2) is 0 Å². The summed E-state index contributed by atoms with van der Waals surface area (Å²) in [4.78, 5) is 39.3. The summed E-state index contributed by atoms with van der Waals surface area (Å²) in [7, 11) is 0. The van der Waals surface area contributed by atoms with E-state index in [4.69, 9.17) is 22.1 Å². The van der Waals surface area contributed by atoms with Gasteiger partial charge in [-0.05, 0) is 48.0 Å². The van der Waals surface area contributed by atoms with Crippen molar-refractivity contribution in [1.82, 2.24) is 5.32 Å². The second kappa shape index (κ2) is 10.0. The molecule has 3 amide bonds. The largest absolute Gasteiger partial charge is 0.397 e. The number of hydrogen-bond donors (Lipinski definition) is 3. The molecule has 4 N–H and O–H groups in total. The van der Waals surface area contributed by atoms with Gasteiger partial charge in [-0.25, -0.2) is 0 Å². The maximum atomic E-state index is 12.9. The van der Waals surface area contributed by atoms with Crippen molar-refractivity contribution in [3.05, 3.63) is 74.9 Å². The van der Waals surface area contributed by atoms with Gasteiger partial charge in [0, 0.05) is 24.3 Å². The lowest BCUT2D eigenvalue weighted by molar-refractivity contribution is -0.125. The molecule has 0 aliphatic carbocycles. The lowest BCUT2D eigenvalue weighted by atomic mass is 10.1. The maximum Gasteiger partial charge on any atom is 0.261 e. The zero-order chi connectivity index (χ0) is 23.4. The number of amides is 3. The molecule has 0 saturated carbocycles. The van der Waals surface area contributed by atoms with Gasteiger partial charge in [0.05, 0.1) is 27.2 Å². The molecule has 0 atom stereocenters. The molecule has 0 unspecified atom stereocenters. The Morgan fingerprint density at radius 1 is 1.09 bits per heavy atom. The highest BCUT2D eigenvalue weighted by Crippen LogP contribution is 2.26. The standard InChI is InChI=1S/C23H21ClN4O4S/c24-19-9-8-18(33-19)23(31)26-12-15-2-1-3-17(25)21(15)27-22(30)14-4-6-16(7-5-14)28-10-11-32-13-20(28)29/h1-9H,10-13,25H2,(H,26,31)(H,27,30). The first-order valence-corrected chi connectivity index (χ1v) is 11.3. The minimum atomic E-state index is -0.356. The van der Waals surface area contributed by atoms with E-state index in [0.29, 0.717) is 50.6 Å². The topological polar surface area (TPSA) is 114 Å². The number of nitrogens with two attached hydrogens (primary N) is 1. The van der Waals surface area contributed by atoms with Crippen LogP contribution < -0.4 is 21.3 Å². The Morgan fingerprint density at radius 3 is 2.58 bits per heavy atom. The normalized spacial score (nSPS) is 13.6. The Morgan fingerprint density at radius 2 is 1.88 bits per heavy atom. The maximum absolute atomic E-state index is 12.9. The molecular formula is C23H21ClN4O4S. The summed E-state index contributed by atoms with van der Waals surface area (Å²) in [6, 6.07) is 15.3. The van der Waals surface area contributed by atoms with Gasteiger partial charge in [0.2, 0.25) is 0 Å². The number of carbonyl (C=O) groups excluding carboxylic acids is 3. The second-order valence-electron chi connectivity index (χ2n) is 7.27. The van der Waals surface area contributed by atoms with E-state index < -0.39 is 0 Å². The summed E-state index contributed by atoms with van der Waals surface area (Å²) in [6.45, 7) is 1.17. The third kappa shape index (κ3) is 5.33. The van der Waals surface area contributed by atoms with E-state index in [1.54, 1.807) is 59.5 Å². The molecule has 1 aliphatic heterocycles. The fourth-order valence-corrected chi connectivity index (χ4v) is 4.35. The molecule has 1 aliphatic rings. The predicted octanol–water partition coefficient (Wildman–Crippen LogP) is 3.53. The molecule has 1 aromatic heterocycles. The SMILES string of the molecule is Nc1cccc(CNC(=O)c2ccc(Cl)s2)c1NC(=O)c1ccc(N2CCOCC2=O)cc1. The monoisotopic (exact) mass is 484 g/mol. The summed E-state index contributed by atoms with van der Waals surface area (Å²) in [6.07, 6.45) is 0. The summed E-state index contributed by atoms with van der Waals surface area (Å²) in [5.74, 6) is -0.739. The Kier molecular flexibility index (Phi) is 6.93. The van der Waals surface area contributed by atoms with E-state index in [1.807, 2.05) is 0 Å². The van der Waals surface area contributed by atoms with Gasteiger partial charge in [-0.3, -0.25) is 14.4 Å². The van der Waals surface area contributed by atoms with Crippen LogP contribution in [0, 0.1) is 0 Å². The molecule has 0 radical (unpaired) electrons. The first kappa shape index (κ1) is 22.8. The Labute approximate surface area is 199 Å². The third-order valence-electron chi connectivity index (χ3n) is 5.08. The van der Waals surface area contributed by atoms with Gasteiger partial charge in [-0.15, -0.1) is 11.3 Å². The highest BCUT2D eigenvalue weighted by Gasteiger charge is 2.20. The van der Waals surface area contributed by atoms with Crippen LogP contribution in [0.5, 0.6) is 0 Å². The van der Waals surface area contributed by atoms with Crippen LogP contribution in [0.25, 0.3) is 0 Å². The summed E-state index contributed by atoms with van der Waals surface area (Å²) < 4.78 is 5.68.